The highest BCUT2D eigenvalue weighted by Crippen LogP contribution is 2.43. The van der Waals surface area contributed by atoms with Gasteiger partial charge in [-0.05, 0) is 54.4 Å². The second kappa shape index (κ2) is 7.28. The van der Waals surface area contributed by atoms with Crippen molar-refractivity contribution in [1.82, 2.24) is 4.98 Å². The van der Waals surface area contributed by atoms with E-state index >= 15 is 0 Å². The van der Waals surface area contributed by atoms with Crippen LogP contribution in [0.15, 0.2) is 72.6 Å². The van der Waals surface area contributed by atoms with Crippen molar-refractivity contribution in [1.29, 1.82) is 0 Å². The van der Waals surface area contributed by atoms with Crippen LogP contribution in [0.25, 0.3) is 5.76 Å². The zero-order valence-electron chi connectivity index (χ0n) is 16.6. The number of ether oxygens (including phenoxy) is 2. The molecule has 1 atom stereocenters. The first-order valence-corrected chi connectivity index (χ1v) is 9.73. The van der Waals surface area contributed by atoms with Gasteiger partial charge in [-0.2, -0.15) is 0 Å². The molecule has 0 saturated carbocycles. The number of hydrogen-bond acceptors (Lipinski definition) is 6. The van der Waals surface area contributed by atoms with E-state index in [0.717, 1.165) is 5.56 Å². The normalized spacial score (nSPS) is 19.1. The molecule has 3 aromatic rings. The fraction of sp³-hybridized carbons (Fsp3) is 0.125. The Bertz CT molecular complexity index is 1240. The van der Waals surface area contributed by atoms with Crippen LogP contribution in [0.1, 0.15) is 22.7 Å². The van der Waals surface area contributed by atoms with Crippen LogP contribution in [-0.2, 0) is 9.59 Å². The van der Waals surface area contributed by atoms with Crippen molar-refractivity contribution in [3.05, 3.63) is 89.3 Å². The van der Waals surface area contributed by atoms with E-state index in [0.29, 0.717) is 28.3 Å². The summed E-state index contributed by atoms with van der Waals surface area (Å²) in [5, 5.41) is 11.2. The number of carbonyl (C=O) groups excluding carboxylic acids is 2. The maximum absolute atomic E-state index is 13.2. The second-order valence-electron chi connectivity index (χ2n) is 7.30. The first-order chi connectivity index (χ1) is 15.1. The van der Waals surface area contributed by atoms with E-state index in [9.17, 15) is 14.7 Å². The molecule has 0 radical (unpaired) electrons. The lowest BCUT2D eigenvalue weighted by atomic mass is 9.95. The van der Waals surface area contributed by atoms with Crippen molar-refractivity contribution in [3.63, 3.8) is 0 Å². The molecule has 1 N–H and O–H groups in total. The Kier molecular flexibility index (Phi) is 4.43. The summed E-state index contributed by atoms with van der Waals surface area (Å²) in [4.78, 5) is 31.8. The number of anilines is 1. The Hall–Kier alpha value is -4.13. The third kappa shape index (κ3) is 3.02. The molecule has 0 bridgehead atoms. The van der Waals surface area contributed by atoms with Crippen molar-refractivity contribution in [2.45, 2.75) is 13.0 Å². The van der Waals surface area contributed by atoms with Crippen LogP contribution < -0.4 is 14.4 Å². The topological polar surface area (TPSA) is 89.0 Å². The number of benzene rings is 2. The molecular formula is C24H18N2O5. The Morgan fingerprint density at radius 1 is 1.03 bits per heavy atom. The number of ketones is 1. The van der Waals surface area contributed by atoms with E-state index in [2.05, 4.69) is 4.98 Å². The van der Waals surface area contributed by atoms with Gasteiger partial charge in [0, 0.05) is 23.6 Å². The minimum atomic E-state index is -0.797. The Morgan fingerprint density at radius 2 is 1.77 bits per heavy atom. The molecule has 154 valence electrons. The number of pyridine rings is 1. The van der Waals surface area contributed by atoms with Crippen LogP contribution in [0.2, 0.25) is 0 Å². The number of fused-ring (bicyclic) bond motifs is 1. The fourth-order valence-corrected chi connectivity index (χ4v) is 3.98. The molecule has 7 nitrogen and oxygen atoms in total. The molecule has 2 aliphatic heterocycles. The maximum atomic E-state index is 13.2. The van der Waals surface area contributed by atoms with Gasteiger partial charge in [0.25, 0.3) is 11.7 Å². The summed E-state index contributed by atoms with van der Waals surface area (Å²) in [6.45, 7) is 1.96. The number of aliphatic hydroxyl groups is 1. The smallest absolute Gasteiger partial charge is 0.300 e. The average Bonchev–Trinajstić information content (AvgIpc) is 3.36. The maximum Gasteiger partial charge on any atom is 0.300 e. The zero-order chi connectivity index (χ0) is 21.5. The van der Waals surface area contributed by atoms with E-state index in [-0.39, 0.29) is 18.1 Å². The number of para-hydroxylation sites is 1. The molecule has 1 aromatic heterocycles. The van der Waals surface area contributed by atoms with Gasteiger partial charge in [-0.15, -0.1) is 0 Å². The lowest BCUT2D eigenvalue weighted by Crippen LogP contribution is -2.30. The Morgan fingerprint density at radius 3 is 2.55 bits per heavy atom. The number of aryl methyl sites for hydroxylation is 1. The third-order valence-corrected chi connectivity index (χ3v) is 5.49. The second-order valence-corrected chi connectivity index (χ2v) is 7.30. The third-order valence-electron chi connectivity index (χ3n) is 5.49. The van der Waals surface area contributed by atoms with Gasteiger partial charge in [-0.1, -0.05) is 18.2 Å². The lowest BCUT2D eigenvalue weighted by Gasteiger charge is -2.26. The van der Waals surface area contributed by atoms with Crippen LogP contribution in [0.3, 0.4) is 0 Å². The fourth-order valence-electron chi connectivity index (χ4n) is 3.98. The number of nitrogens with zero attached hydrogens (tertiary/aromatic N) is 2. The lowest BCUT2D eigenvalue weighted by molar-refractivity contribution is -0.132. The number of carbonyl (C=O) groups is 2. The summed E-state index contributed by atoms with van der Waals surface area (Å²) in [5.74, 6) is -0.687. The summed E-state index contributed by atoms with van der Waals surface area (Å²) in [6, 6.07) is 14.9. The molecule has 1 fully saturated rings. The van der Waals surface area contributed by atoms with Crippen LogP contribution in [0.4, 0.5) is 5.69 Å². The summed E-state index contributed by atoms with van der Waals surface area (Å²) >= 11 is 0. The first-order valence-electron chi connectivity index (χ1n) is 9.73. The minimum Gasteiger partial charge on any atom is -0.507 e. The molecule has 2 aromatic carbocycles. The average molecular weight is 414 g/mol. The van der Waals surface area contributed by atoms with Gasteiger partial charge in [0.2, 0.25) is 6.79 Å². The molecule has 5 rings (SSSR count). The molecule has 2 aliphatic rings. The summed E-state index contributed by atoms with van der Waals surface area (Å²) in [5.41, 5.74) is 2.49. The Labute approximate surface area is 178 Å². The largest absolute Gasteiger partial charge is 0.507 e. The number of aliphatic hydroxyl groups excluding tert-OH is 1. The molecule has 1 saturated heterocycles. The quantitative estimate of drug-likeness (QED) is 0.399. The van der Waals surface area contributed by atoms with Gasteiger partial charge in [-0.25, -0.2) is 0 Å². The molecule has 0 aliphatic carbocycles. The first kappa shape index (κ1) is 18.9. The highest BCUT2D eigenvalue weighted by molar-refractivity contribution is 6.51. The van der Waals surface area contributed by atoms with Crippen molar-refractivity contribution in [3.8, 4) is 11.5 Å². The van der Waals surface area contributed by atoms with E-state index in [1.165, 1.54) is 4.90 Å². The zero-order valence-corrected chi connectivity index (χ0v) is 16.6. The number of aromatic nitrogens is 1. The van der Waals surface area contributed by atoms with E-state index in [4.69, 9.17) is 9.47 Å². The molecule has 1 unspecified atom stereocenters. The molecule has 0 spiro atoms. The standard InChI is InChI=1S/C24H18N2O5/c1-14-4-2-3-5-17(14)26-21(15-8-10-25-11-9-15)20(23(28)24(26)29)22(27)16-6-7-18-19(12-16)31-13-30-18/h2-12,21,27H,13H2,1H3/b22-20-. The van der Waals surface area contributed by atoms with Gasteiger partial charge in [0.15, 0.2) is 11.5 Å². The molecule has 3 heterocycles. The van der Waals surface area contributed by atoms with Crippen molar-refractivity contribution in [2.75, 3.05) is 11.7 Å². The van der Waals surface area contributed by atoms with Crippen molar-refractivity contribution >= 4 is 23.1 Å². The summed E-state index contributed by atoms with van der Waals surface area (Å²) in [7, 11) is 0. The van der Waals surface area contributed by atoms with Gasteiger partial charge < -0.3 is 14.6 Å². The molecule has 7 heteroatoms. The van der Waals surface area contributed by atoms with E-state index < -0.39 is 17.7 Å². The van der Waals surface area contributed by atoms with Crippen LogP contribution in [0, 0.1) is 6.92 Å². The van der Waals surface area contributed by atoms with Crippen LogP contribution in [-0.4, -0.2) is 28.6 Å². The monoisotopic (exact) mass is 414 g/mol. The highest BCUT2D eigenvalue weighted by atomic mass is 16.7. The van der Waals surface area contributed by atoms with Crippen molar-refractivity contribution in [2.24, 2.45) is 0 Å². The van der Waals surface area contributed by atoms with Gasteiger partial charge in [0.1, 0.15) is 5.76 Å². The van der Waals surface area contributed by atoms with Crippen LogP contribution in [0.5, 0.6) is 11.5 Å². The summed E-state index contributed by atoms with van der Waals surface area (Å²) < 4.78 is 10.7. The number of rotatable bonds is 3. The predicted octanol–water partition coefficient (Wildman–Crippen LogP) is 3.75. The SMILES string of the molecule is Cc1ccccc1N1C(=O)C(=O)/C(=C(\O)c2ccc3c(c2)OCO3)C1c1ccncc1. The van der Waals surface area contributed by atoms with Gasteiger partial charge >= 0.3 is 0 Å². The summed E-state index contributed by atoms with van der Waals surface area (Å²) in [6.07, 6.45) is 3.18. The Balaban J connectivity index is 1.72. The van der Waals surface area contributed by atoms with E-state index in [1.807, 2.05) is 25.1 Å². The molecule has 31 heavy (non-hydrogen) atoms. The number of hydrogen-bond donors (Lipinski definition) is 1. The van der Waals surface area contributed by atoms with E-state index in [1.54, 1.807) is 48.8 Å². The van der Waals surface area contributed by atoms with Gasteiger partial charge in [0.05, 0.1) is 11.6 Å². The molecular weight excluding hydrogens is 396 g/mol. The number of Topliss-reactive ketones (excluding diaryl/α,β-unsaturated/α-hetero) is 1. The number of amides is 1. The van der Waals surface area contributed by atoms with Crippen molar-refractivity contribution < 1.29 is 24.2 Å². The highest BCUT2D eigenvalue weighted by Gasteiger charge is 2.47. The molecule has 1 amide bonds. The minimum absolute atomic E-state index is 0.0123. The van der Waals surface area contributed by atoms with Crippen LogP contribution >= 0.6 is 0 Å². The predicted molar refractivity (Wildman–Crippen MR) is 113 cm³/mol. The van der Waals surface area contributed by atoms with Gasteiger partial charge in [-0.3, -0.25) is 19.5 Å².